The van der Waals surface area contributed by atoms with Crippen molar-refractivity contribution in [3.05, 3.63) is 20.3 Å². The predicted octanol–water partition coefficient (Wildman–Crippen LogP) is 3.20. The van der Waals surface area contributed by atoms with E-state index >= 15 is 0 Å². The van der Waals surface area contributed by atoms with Crippen LogP contribution in [0.5, 0.6) is 0 Å². The first-order valence-corrected chi connectivity index (χ1v) is 5.22. The SMILES string of the molecule is O=Cc1csc(Br)c1C1CC1. The van der Waals surface area contributed by atoms with Crippen molar-refractivity contribution < 1.29 is 4.79 Å². The van der Waals surface area contributed by atoms with E-state index < -0.39 is 0 Å². The van der Waals surface area contributed by atoms with Gasteiger partial charge in [-0.2, -0.15) is 0 Å². The number of carbonyl (C=O) groups excluding carboxylic acids is 1. The fraction of sp³-hybridized carbons (Fsp3) is 0.375. The van der Waals surface area contributed by atoms with Crippen molar-refractivity contribution in [2.24, 2.45) is 0 Å². The summed E-state index contributed by atoms with van der Waals surface area (Å²) in [5, 5.41) is 1.92. The van der Waals surface area contributed by atoms with E-state index in [4.69, 9.17) is 0 Å². The maximum Gasteiger partial charge on any atom is 0.151 e. The van der Waals surface area contributed by atoms with Gasteiger partial charge in [0.25, 0.3) is 0 Å². The van der Waals surface area contributed by atoms with Gasteiger partial charge in [0.2, 0.25) is 0 Å². The molecule has 1 saturated carbocycles. The average molecular weight is 231 g/mol. The molecule has 0 unspecified atom stereocenters. The number of hydrogen-bond donors (Lipinski definition) is 0. The van der Waals surface area contributed by atoms with Gasteiger partial charge in [0.05, 0.1) is 3.79 Å². The highest BCUT2D eigenvalue weighted by Crippen LogP contribution is 2.46. The molecule has 1 heterocycles. The summed E-state index contributed by atoms with van der Waals surface area (Å²) < 4.78 is 1.14. The zero-order valence-corrected chi connectivity index (χ0v) is 8.24. The Hall–Kier alpha value is -0.150. The Labute approximate surface area is 77.6 Å². The number of rotatable bonds is 2. The second-order valence-corrected chi connectivity index (χ2v) is 4.97. The molecule has 0 N–H and O–H groups in total. The molecule has 58 valence electrons. The first-order valence-electron chi connectivity index (χ1n) is 3.55. The molecule has 2 rings (SSSR count). The van der Waals surface area contributed by atoms with Crippen LogP contribution >= 0.6 is 27.3 Å². The number of thiophene rings is 1. The highest BCUT2D eigenvalue weighted by molar-refractivity contribution is 9.11. The van der Waals surface area contributed by atoms with E-state index in [1.807, 2.05) is 5.38 Å². The standard InChI is InChI=1S/C8H7BrOS/c9-8-7(5-1-2-5)6(3-10)4-11-8/h3-5H,1-2H2. The van der Waals surface area contributed by atoms with E-state index in [1.165, 1.54) is 18.4 Å². The Kier molecular flexibility index (Phi) is 1.85. The molecule has 11 heavy (non-hydrogen) atoms. The molecule has 0 spiro atoms. The maximum absolute atomic E-state index is 10.6. The summed E-state index contributed by atoms with van der Waals surface area (Å²) in [6, 6.07) is 0. The molecule has 1 aromatic heterocycles. The molecule has 1 aliphatic carbocycles. The van der Waals surface area contributed by atoms with Crippen molar-refractivity contribution in [1.82, 2.24) is 0 Å². The predicted molar refractivity (Wildman–Crippen MR) is 49.4 cm³/mol. The molecule has 0 aromatic carbocycles. The largest absolute Gasteiger partial charge is 0.298 e. The molecule has 1 aromatic rings. The van der Waals surface area contributed by atoms with E-state index in [-0.39, 0.29) is 0 Å². The number of aldehydes is 1. The van der Waals surface area contributed by atoms with Gasteiger partial charge in [0, 0.05) is 10.9 Å². The van der Waals surface area contributed by atoms with Gasteiger partial charge in [0.15, 0.2) is 6.29 Å². The van der Waals surface area contributed by atoms with Gasteiger partial charge in [-0.3, -0.25) is 4.79 Å². The summed E-state index contributed by atoms with van der Waals surface area (Å²) >= 11 is 5.07. The lowest BCUT2D eigenvalue weighted by Crippen LogP contribution is -1.83. The van der Waals surface area contributed by atoms with Gasteiger partial charge in [-0.25, -0.2) is 0 Å². The smallest absolute Gasteiger partial charge is 0.151 e. The van der Waals surface area contributed by atoms with E-state index in [2.05, 4.69) is 15.9 Å². The van der Waals surface area contributed by atoms with Gasteiger partial charge in [0.1, 0.15) is 0 Å². The Bertz CT molecular complexity index is 288. The van der Waals surface area contributed by atoms with Gasteiger partial charge in [-0.15, -0.1) is 11.3 Å². The molecule has 1 aliphatic rings. The summed E-state index contributed by atoms with van der Waals surface area (Å²) in [6.45, 7) is 0. The van der Waals surface area contributed by atoms with Gasteiger partial charge >= 0.3 is 0 Å². The van der Waals surface area contributed by atoms with E-state index in [0.717, 1.165) is 15.6 Å². The van der Waals surface area contributed by atoms with Crippen LogP contribution in [-0.2, 0) is 0 Å². The zero-order chi connectivity index (χ0) is 7.84. The summed E-state index contributed by atoms with van der Waals surface area (Å²) in [5.74, 6) is 0.663. The molecule has 3 heteroatoms. The second kappa shape index (κ2) is 2.72. The van der Waals surface area contributed by atoms with Crippen LogP contribution in [0.25, 0.3) is 0 Å². The molecule has 0 amide bonds. The van der Waals surface area contributed by atoms with Gasteiger partial charge in [-0.1, -0.05) is 0 Å². The molecule has 0 bridgehead atoms. The fourth-order valence-electron chi connectivity index (χ4n) is 1.22. The van der Waals surface area contributed by atoms with Crippen molar-refractivity contribution >= 4 is 33.6 Å². The van der Waals surface area contributed by atoms with Crippen molar-refractivity contribution in [2.45, 2.75) is 18.8 Å². The summed E-state index contributed by atoms with van der Waals surface area (Å²) in [7, 11) is 0. The first kappa shape index (κ1) is 7.50. The highest BCUT2D eigenvalue weighted by Gasteiger charge is 2.28. The van der Waals surface area contributed by atoms with Gasteiger partial charge < -0.3 is 0 Å². The average Bonchev–Trinajstić information content (AvgIpc) is 2.76. The number of halogens is 1. The second-order valence-electron chi connectivity index (χ2n) is 2.77. The monoisotopic (exact) mass is 230 g/mol. The third-order valence-corrected chi connectivity index (χ3v) is 3.71. The zero-order valence-electron chi connectivity index (χ0n) is 5.84. The summed E-state index contributed by atoms with van der Waals surface area (Å²) in [6.07, 6.45) is 3.45. The van der Waals surface area contributed by atoms with Crippen molar-refractivity contribution in [1.29, 1.82) is 0 Å². The number of carbonyl (C=O) groups is 1. The van der Waals surface area contributed by atoms with E-state index in [1.54, 1.807) is 11.3 Å². The lowest BCUT2D eigenvalue weighted by molar-refractivity contribution is 0.112. The number of hydrogen-bond acceptors (Lipinski definition) is 2. The third-order valence-electron chi connectivity index (χ3n) is 1.92. The molecule has 0 aliphatic heterocycles. The molecular formula is C8H7BrOS. The summed E-state index contributed by atoms with van der Waals surface area (Å²) in [4.78, 5) is 10.6. The van der Waals surface area contributed by atoms with Crippen LogP contribution < -0.4 is 0 Å². The maximum atomic E-state index is 10.6. The van der Waals surface area contributed by atoms with Crippen LogP contribution in [0.1, 0.15) is 34.7 Å². The lowest BCUT2D eigenvalue weighted by Gasteiger charge is -1.94. The highest BCUT2D eigenvalue weighted by atomic mass is 79.9. The van der Waals surface area contributed by atoms with Crippen LogP contribution in [-0.4, -0.2) is 6.29 Å². The Balaban J connectivity index is 2.46. The first-order chi connectivity index (χ1) is 5.33. The molecular weight excluding hydrogens is 224 g/mol. The Morgan fingerprint density at radius 3 is 2.91 bits per heavy atom. The quantitative estimate of drug-likeness (QED) is 0.714. The molecule has 1 fully saturated rings. The summed E-state index contributed by atoms with van der Waals surface area (Å²) in [5.41, 5.74) is 2.12. The minimum atomic E-state index is 0.663. The normalized spacial score (nSPS) is 16.8. The van der Waals surface area contributed by atoms with Crippen molar-refractivity contribution in [2.75, 3.05) is 0 Å². The third kappa shape index (κ3) is 1.27. The Morgan fingerprint density at radius 1 is 1.64 bits per heavy atom. The fourth-order valence-corrected chi connectivity index (χ4v) is 2.87. The van der Waals surface area contributed by atoms with Crippen LogP contribution in [0, 0.1) is 0 Å². The van der Waals surface area contributed by atoms with Crippen LogP contribution in [0.15, 0.2) is 9.17 Å². The van der Waals surface area contributed by atoms with E-state index in [9.17, 15) is 4.79 Å². The van der Waals surface area contributed by atoms with Crippen LogP contribution in [0.2, 0.25) is 0 Å². The van der Waals surface area contributed by atoms with Crippen molar-refractivity contribution in [3.63, 3.8) is 0 Å². The minimum absolute atomic E-state index is 0.663. The van der Waals surface area contributed by atoms with Crippen molar-refractivity contribution in [3.8, 4) is 0 Å². The topological polar surface area (TPSA) is 17.1 Å². The minimum Gasteiger partial charge on any atom is -0.298 e. The van der Waals surface area contributed by atoms with Gasteiger partial charge in [-0.05, 0) is 40.3 Å². The Morgan fingerprint density at radius 2 is 2.36 bits per heavy atom. The molecule has 0 saturated heterocycles. The lowest BCUT2D eigenvalue weighted by atomic mass is 10.1. The van der Waals surface area contributed by atoms with Crippen LogP contribution in [0.3, 0.4) is 0 Å². The molecule has 0 atom stereocenters. The van der Waals surface area contributed by atoms with Crippen LogP contribution in [0.4, 0.5) is 0 Å². The van der Waals surface area contributed by atoms with E-state index in [0.29, 0.717) is 5.92 Å². The molecule has 1 nitrogen and oxygen atoms in total. The molecule has 0 radical (unpaired) electrons.